The minimum Gasteiger partial charge on any atom is -0.466 e. The van der Waals surface area contributed by atoms with Crippen molar-refractivity contribution in [1.82, 2.24) is 0 Å². The van der Waals surface area contributed by atoms with Gasteiger partial charge >= 0.3 is 11.9 Å². The fourth-order valence-corrected chi connectivity index (χ4v) is 0.937. The van der Waals surface area contributed by atoms with Crippen LogP contribution >= 0.6 is 0 Å². The topological polar surface area (TPSA) is 78.6 Å². The number of rotatable bonds is 3. The van der Waals surface area contributed by atoms with Crippen LogP contribution in [0.25, 0.3) is 0 Å². The molecule has 0 aliphatic carbocycles. The summed E-state index contributed by atoms with van der Waals surface area (Å²) >= 11 is 0. The number of esters is 2. The molecule has 0 aliphatic heterocycles. The van der Waals surface area contributed by atoms with Crippen molar-refractivity contribution in [2.45, 2.75) is 0 Å². The summed E-state index contributed by atoms with van der Waals surface area (Å²) in [5.74, 6) is -2.06. The summed E-state index contributed by atoms with van der Waals surface area (Å²) in [4.78, 5) is 22.0. The van der Waals surface area contributed by atoms with Crippen molar-refractivity contribution >= 4 is 17.6 Å². The molecule has 0 amide bonds. The van der Waals surface area contributed by atoms with Crippen LogP contribution in [0.5, 0.6) is 0 Å². The van der Waals surface area contributed by atoms with Gasteiger partial charge in [-0.3, -0.25) is 0 Å². The van der Waals surface area contributed by atoms with E-state index in [4.69, 9.17) is 5.73 Å². The van der Waals surface area contributed by atoms with Crippen LogP contribution in [0.4, 0.5) is 10.1 Å². The molecule has 5 nitrogen and oxygen atoms in total. The van der Waals surface area contributed by atoms with Crippen LogP contribution in [-0.2, 0) is 14.3 Å². The highest BCUT2D eigenvalue weighted by Gasteiger charge is 2.11. The number of carbonyl (C=O) groups excluding carboxylic acids is 2. The van der Waals surface area contributed by atoms with Gasteiger partial charge in [-0.1, -0.05) is 0 Å². The van der Waals surface area contributed by atoms with Crippen molar-refractivity contribution in [3.63, 3.8) is 0 Å². The first-order valence-corrected chi connectivity index (χ1v) is 4.33. The first-order chi connectivity index (χ1) is 7.54. The fourth-order valence-electron chi connectivity index (χ4n) is 0.937. The van der Waals surface area contributed by atoms with Gasteiger partial charge in [-0.2, -0.15) is 0 Å². The van der Waals surface area contributed by atoms with Crippen molar-refractivity contribution in [3.8, 4) is 0 Å². The molecule has 0 aliphatic rings. The number of benzene rings is 1. The zero-order chi connectivity index (χ0) is 12.1. The van der Waals surface area contributed by atoms with Crippen molar-refractivity contribution in [3.05, 3.63) is 29.6 Å². The number of ether oxygens (including phenoxy) is 2. The van der Waals surface area contributed by atoms with E-state index in [0.29, 0.717) is 0 Å². The minimum absolute atomic E-state index is 0.0720. The van der Waals surface area contributed by atoms with Gasteiger partial charge < -0.3 is 15.2 Å². The highest BCUT2D eigenvalue weighted by atomic mass is 19.1. The van der Waals surface area contributed by atoms with E-state index in [1.807, 2.05) is 0 Å². The summed E-state index contributed by atoms with van der Waals surface area (Å²) in [6.07, 6.45) is 0. The molecular formula is C10H10FNO4. The van der Waals surface area contributed by atoms with Gasteiger partial charge in [0, 0.05) is 0 Å². The summed E-state index contributed by atoms with van der Waals surface area (Å²) in [6, 6.07) is 3.39. The molecule has 6 heteroatoms. The van der Waals surface area contributed by atoms with Crippen molar-refractivity contribution in [2.24, 2.45) is 0 Å². The molecule has 0 saturated heterocycles. The summed E-state index contributed by atoms with van der Waals surface area (Å²) in [5.41, 5.74) is 5.18. The SMILES string of the molecule is COC(=O)COC(=O)c1ccc(F)c(N)c1. The first kappa shape index (κ1) is 12.0. The monoisotopic (exact) mass is 227 g/mol. The first-order valence-electron chi connectivity index (χ1n) is 4.33. The third kappa shape index (κ3) is 2.94. The number of nitrogen functional groups attached to an aromatic ring is 1. The molecule has 0 bridgehead atoms. The summed E-state index contributed by atoms with van der Waals surface area (Å²) in [7, 11) is 1.17. The molecule has 16 heavy (non-hydrogen) atoms. The van der Waals surface area contributed by atoms with E-state index >= 15 is 0 Å². The van der Waals surface area contributed by atoms with Gasteiger partial charge in [0.1, 0.15) is 5.82 Å². The predicted molar refractivity (Wildman–Crippen MR) is 53.1 cm³/mol. The lowest BCUT2D eigenvalue weighted by atomic mass is 10.2. The second kappa shape index (κ2) is 5.11. The third-order valence-electron chi connectivity index (χ3n) is 1.78. The lowest BCUT2D eigenvalue weighted by Gasteiger charge is -2.04. The van der Waals surface area contributed by atoms with Crippen LogP contribution in [0.15, 0.2) is 18.2 Å². The Kier molecular flexibility index (Phi) is 3.82. The molecule has 0 unspecified atom stereocenters. The number of methoxy groups -OCH3 is 1. The molecule has 1 aromatic carbocycles. The Morgan fingerprint density at radius 3 is 2.69 bits per heavy atom. The van der Waals surface area contributed by atoms with Crippen LogP contribution < -0.4 is 5.73 Å². The van der Waals surface area contributed by atoms with E-state index in [-0.39, 0.29) is 11.3 Å². The van der Waals surface area contributed by atoms with Gasteiger partial charge in [-0.05, 0) is 18.2 Å². The summed E-state index contributed by atoms with van der Waals surface area (Å²) in [6.45, 7) is -0.493. The van der Waals surface area contributed by atoms with Gasteiger partial charge in [-0.25, -0.2) is 14.0 Å². The van der Waals surface area contributed by atoms with Crippen LogP contribution in [0.1, 0.15) is 10.4 Å². The lowest BCUT2D eigenvalue weighted by molar-refractivity contribution is -0.144. The molecule has 1 aromatic rings. The Hall–Kier alpha value is -2.11. The maximum absolute atomic E-state index is 12.8. The van der Waals surface area contributed by atoms with Gasteiger partial charge in [0.05, 0.1) is 18.4 Å². The number of nitrogens with two attached hydrogens (primary N) is 1. The zero-order valence-corrected chi connectivity index (χ0v) is 8.53. The molecule has 0 fully saturated rings. The Bertz CT molecular complexity index is 419. The quantitative estimate of drug-likeness (QED) is 0.608. The van der Waals surface area contributed by atoms with Crippen molar-refractivity contribution in [2.75, 3.05) is 19.5 Å². The maximum Gasteiger partial charge on any atom is 0.344 e. The maximum atomic E-state index is 12.8. The highest BCUT2D eigenvalue weighted by Crippen LogP contribution is 2.12. The molecular weight excluding hydrogens is 217 g/mol. The Labute approximate surface area is 90.9 Å². The van der Waals surface area contributed by atoms with Crippen LogP contribution in [0.2, 0.25) is 0 Å². The fraction of sp³-hybridized carbons (Fsp3) is 0.200. The van der Waals surface area contributed by atoms with E-state index in [2.05, 4.69) is 9.47 Å². The van der Waals surface area contributed by atoms with E-state index in [1.54, 1.807) is 0 Å². The molecule has 0 heterocycles. The Morgan fingerprint density at radius 1 is 1.44 bits per heavy atom. The smallest absolute Gasteiger partial charge is 0.344 e. The highest BCUT2D eigenvalue weighted by molar-refractivity contribution is 5.91. The van der Waals surface area contributed by atoms with E-state index < -0.39 is 24.4 Å². The van der Waals surface area contributed by atoms with Crippen LogP contribution in [0.3, 0.4) is 0 Å². The Balaban J connectivity index is 2.66. The van der Waals surface area contributed by atoms with Gasteiger partial charge in [0.15, 0.2) is 6.61 Å². The third-order valence-corrected chi connectivity index (χ3v) is 1.78. The normalized spacial score (nSPS) is 9.62. The second-order valence-electron chi connectivity index (χ2n) is 2.89. The predicted octanol–water partition coefficient (Wildman–Crippen LogP) is 0.738. The van der Waals surface area contributed by atoms with Crippen molar-refractivity contribution < 1.29 is 23.5 Å². The average Bonchev–Trinajstić information content (AvgIpc) is 2.29. The number of halogens is 1. The van der Waals surface area contributed by atoms with Crippen molar-refractivity contribution in [1.29, 1.82) is 0 Å². The molecule has 86 valence electrons. The second-order valence-corrected chi connectivity index (χ2v) is 2.89. The summed E-state index contributed by atoms with van der Waals surface area (Å²) in [5, 5.41) is 0. The number of hydrogen-bond donors (Lipinski definition) is 1. The Morgan fingerprint density at radius 2 is 2.12 bits per heavy atom. The number of hydrogen-bond acceptors (Lipinski definition) is 5. The largest absolute Gasteiger partial charge is 0.466 e. The lowest BCUT2D eigenvalue weighted by Crippen LogP contribution is -2.15. The molecule has 0 spiro atoms. The van der Waals surface area contributed by atoms with Crippen LogP contribution in [0, 0.1) is 5.82 Å². The van der Waals surface area contributed by atoms with E-state index in [1.165, 1.54) is 13.2 Å². The minimum atomic E-state index is -0.767. The van der Waals surface area contributed by atoms with Crippen LogP contribution in [-0.4, -0.2) is 25.7 Å². The van der Waals surface area contributed by atoms with E-state index in [0.717, 1.165) is 12.1 Å². The van der Waals surface area contributed by atoms with Gasteiger partial charge in [0.2, 0.25) is 0 Å². The van der Waals surface area contributed by atoms with Gasteiger partial charge in [0.25, 0.3) is 0 Å². The molecule has 2 N–H and O–H groups in total. The molecule has 0 radical (unpaired) electrons. The molecule has 0 saturated carbocycles. The molecule has 0 aromatic heterocycles. The number of carbonyl (C=O) groups is 2. The van der Waals surface area contributed by atoms with Gasteiger partial charge in [-0.15, -0.1) is 0 Å². The van der Waals surface area contributed by atoms with E-state index in [9.17, 15) is 14.0 Å². The molecule has 1 rings (SSSR count). The average molecular weight is 227 g/mol. The molecule has 0 atom stereocenters. The summed E-state index contributed by atoms with van der Waals surface area (Å²) < 4.78 is 21.6. The standard InChI is InChI=1S/C10H10FNO4/c1-15-9(13)5-16-10(14)6-2-3-7(11)8(12)4-6/h2-4H,5,12H2,1H3. The zero-order valence-electron chi connectivity index (χ0n) is 8.53. The number of anilines is 1.